The number of methoxy groups -OCH3 is 1. The van der Waals surface area contributed by atoms with Crippen molar-refractivity contribution in [2.45, 2.75) is 25.1 Å². The highest BCUT2D eigenvalue weighted by atomic mass is 19.4. The maximum absolute atomic E-state index is 12.8. The number of halogens is 3. The van der Waals surface area contributed by atoms with Gasteiger partial charge in [-0.1, -0.05) is 0 Å². The Hall–Kier alpha value is -1.67. The third-order valence-corrected chi connectivity index (χ3v) is 4.36. The second-order valence-corrected chi connectivity index (χ2v) is 5.91. The van der Waals surface area contributed by atoms with Crippen LogP contribution in [0.5, 0.6) is 17.2 Å². The summed E-state index contributed by atoms with van der Waals surface area (Å²) in [6.45, 7) is 3.04. The molecule has 0 unspecified atom stereocenters. The van der Waals surface area contributed by atoms with Crippen molar-refractivity contribution < 1.29 is 27.4 Å². The monoisotopic (exact) mass is 346 g/mol. The summed E-state index contributed by atoms with van der Waals surface area (Å²) in [6.07, 6.45) is -4.99. The normalized spacial score (nSPS) is 19.3. The molecular formula is C16H21F3N2O3. The Bertz CT molecular complexity index is 574. The Morgan fingerprint density at radius 1 is 1.25 bits per heavy atom. The van der Waals surface area contributed by atoms with Crippen molar-refractivity contribution in [3.63, 3.8) is 0 Å². The second-order valence-electron chi connectivity index (χ2n) is 5.91. The zero-order chi connectivity index (χ0) is 17.2. The molecule has 0 amide bonds. The molecule has 0 saturated carbocycles. The molecule has 24 heavy (non-hydrogen) atoms. The molecule has 1 aromatic rings. The Kier molecular flexibility index (Phi) is 5.05. The van der Waals surface area contributed by atoms with Crippen LogP contribution in [0.15, 0.2) is 12.1 Å². The first-order chi connectivity index (χ1) is 11.5. The van der Waals surface area contributed by atoms with Crippen LogP contribution in [0.3, 0.4) is 0 Å². The minimum atomic E-state index is -4.17. The second kappa shape index (κ2) is 7.06. The average molecular weight is 346 g/mol. The van der Waals surface area contributed by atoms with E-state index in [2.05, 4.69) is 10.2 Å². The van der Waals surface area contributed by atoms with Gasteiger partial charge in [0.05, 0.1) is 7.11 Å². The molecule has 1 aromatic carbocycles. The predicted molar refractivity (Wildman–Crippen MR) is 81.6 cm³/mol. The molecule has 0 radical (unpaired) electrons. The molecule has 2 aliphatic rings. The Labute approximate surface area is 138 Å². The first-order valence-corrected chi connectivity index (χ1v) is 7.97. The smallest absolute Gasteiger partial charge is 0.389 e. The van der Waals surface area contributed by atoms with Crippen molar-refractivity contribution in [1.82, 2.24) is 10.2 Å². The number of benzene rings is 1. The van der Waals surface area contributed by atoms with E-state index >= 15 is 0 Å². The fraction of sp³-hybridized carbons (Fsp3) is 0.625. The zero-order valence-corrected chi connectivity index (χ0v) is 13.5. The van der Waals surface area contributed by atoms with Gasteiger partial charge in [-0.25, -0.2) is 0 Å². The number of piperazine rings is 1. The van der Waals surface area contributed by atoms with Crippen LogP contribution in [-0.2, 0) is 0 Å². The fourth-order valence-corrected chi connectivity index (χ4v) is 3.20. The van der Waals surface area contributed by atoms with Crippen molar-refractivity contribution in [3.8, 4) is 17.2 Å². The summed E-state index contributed by atoms with van der Waals surface area (Å²) in [4.78, 5) is 2.08. The topological polar surface area (TPSA) is 43.0 Å². The summed E-state index contributed by atoms with van der Waals surface area (Å²) in [6, 6.07) is 3.20. The van der Waals surface area contributed by atoms with Crippen LogP contribution in [0.2, 0.25) is 0 Å². The zero-order valence-electron chi connectivity index (χ0n) is 13.5. The summed E-state index contributed by atoms with van der Waals surface area (Å²) in [5, 5.41) is 3.22. The Morgan fingerprint density at radius 2 is 2.00 bits per heavy atom. The van der Waals surface area contributed by atoms with Gasteiger partial charge in [0.25, 0.3) is 0 Å². The largest absolute Gasteiger partial charge is 0.493 e. The van der Waals surface area contributed by atoms with Gasteiger partial charge in [-0.3, -0.25) is 4.90 Å². The average Bonchev–Trinajstić information content (AvgIpc) is 3.03. The maximum atomic E-state index is 12.8. The molecule has 3 rings (SSSR count). The first-order valence-electron chi connectivity index (χ1n) is 7.97. The number of hydrogen-bond donors (Lipinski definition) is 1. The van der Waals surface area contributed by atoms with Crippen LogP contribution in [-0.4, -0.2) is 51.2 Å². The van der Waals surface area contributed by atoms with Gasteiger partial charge in [-0.15, -0.1) is 0 Å². The van der Waals surface area contributed by atoms with Crippen LogP contribution in [0.4, 0.5) is 13.2 Å². The number of hydrogen-bond acceptors (Lipinski definition) is 5. The molecule has 0 aromatic heterocycles. The quantitative estimate of drug-likeness (QED) is 0.888. The molecule has 0 aliphatic carbocycles. The predicted octanol–water partition coefficient (Wildman–Crippen LogP) is 2.71. The van der Waals surface area contributed by atoms with Crippen molar-refractivity contribution in [1.29, 1.82) is 0 Å². The maximum Gasteiger partial charge on any atom is 0.389 e. The number of alkyl halides is 3. The minimum absolute atomic E-state index is 0.00625. The molecule has 0 spiro atoms. The molecule has 1 atom stereocenters. The molecule has 2 heterocycles. The van der Waals surface area contributed by atoms with Crippen molar-refractivity contribution >= 4 is 0 Å². The van der Waals surface area contributed by atoms with E-state index in [0.29, 0.717) is 30.3 Å². The lowest BCUT2D eigenvalue weighted by molar-refractivity contribution is -0.138. The van der Waals surface area contributed by atoms with Gasteiger partial charge < -0.3 is 19.5 Å². The lowest BCUT2D eigenvalue weighted by atomic mass is 9.98. The summed E-state index contributed by atoms with van der Waals surface area (Å²) in [7, 11) is 1.51. The molecule has 1 N–H and O–H groups in total. The van der Waals surface area contributed by atoms with Crippen molar-refractivity contribution in [2.24, 2.45) is 0 Å². The fourth-order valence-electron chi connectivity index (χ4n) is 3.20. The number of ether oxygens (including phenoxy) is 3. The molecule has 2 aliphatic heterocycles. The van der Waals surface area contributed by atoms with E-state index in [1.165, 1.54) is 7.11 Å². The summed E-state index contributed by atoms with van der Waals surface area (Å²) in [5.74, 6) is 1.53. The molecule has 1 fully saturated rings. The number of fused-ring (bicyclic) bond motifs is 1. The van der Waals surface area contributed by atoms with Crippen LogP contribution < -0.4 is 19.5 Å². The third kappa shape index (κ3) is 3.87. The highest BCUT2D eigenvalue weighted by Crippen LogP contribution is 2.44. The third-order valence-electron chi connectivity index (χ3n) is 4.36. The molecule has 134 valence electrons. The summed E-state index contributed by atoms with van der Waals surface area (Å²) >= 11 is 0. The van der Waals surface area contributed by atoms with Crippen molar-refractivity contribution in [3.05, 3.63) is 17.7 Å². The van der Waals surface area contributed by atoms with E-state index in [9.17, 15) is 13.2 Å². The molecule has 8 heteroatoms. The van der Waals surface area contributed by atoms with Gasteiger partial charge in [-0.05, 0) is 24.1 Å². The van der Waals surface area contributed by atoms with Crippen LogP contribution in [0.1, 0.15) is 24.4 Å². The lowest BCUT2D eigenvalue weighted by Crippen LogP contribution is -2.45. The van der Waals surface area contributed by atoms with E-state index in [1.54, 1.807) is 12.1 Å². The highest BCUT2D eigenvalue weighted by molar-refractivity contribution is 5.55. The van der Waals surface area contributed by atoms with Gasteiger partial charge in [0.2, 0.25) is 12.5 Å². The SMILES string of the molecule is COc1cc([C@H](CCC(F)(F)F)N2CCNCC2)cc2c1OCO2. The van der Waals surface area contributed by atoms with E-state index in [-0.39, 0.29) is 19.3 Å². The molecule has 1 saturated heterocycles. The van der Waals surface area contributed by atoms with E-state index in [0.717, 1.165) is 18.7 Å². The summed E-state index contributed by atoms with van der Waals surface area (Å²) in [5.41, 5.74) is 0.766. The number of nitrogens with zero attached hydrogens (tertiary/aromatic N) is 1. The molecule has 5 nitrogen and oxygen atoms in total. The highest BCUT2D eigenvalue weighted by Gasteiger charge is 2.32. The van der Waals surface area contributed by atoms with Crippen molar-refractivity contribution in [2.75, 3.05) is 40.1 Å². The summed E-state index contributed by atoms with van der Waals surface area (Å²) < 4.78 is 54.4. The van der Waals surface area contributed by atoms with Gasteiger partial charge in [0.15, 0.2) is 11.5 Å². The van der Waals surface area contributed by atoms with Crippen LogP contribution in [0.25, 0.3) is 0 Å². The Morgan fingerprint density at radius 3 is 2.67 bits per heavy atom. The van der Waals surface area contributed by atoms with Gasteiger partial charge >= 0.3 is 6.18 Å². The lowest BCUT2D eigenvalue weighted by Gasteiger charge is -2.35. The van der Waals surface area contributed by atoms with Gasteiger partial charge in [0.1, 0.15) is 0 Å². The molecule has 0 bridgehead atoms. The Balaban J connectivity index is 1.89. The standard InChI is InChI=1S/C16H21F3N2O3/c1-22-13-8-11(9-14-15(13)24-10-23-14)12(2-3-16(17,18)19)21-6-4-20-5-7-21/h8-9,12,20H,2-7,10H2,1H3/t12-/m0/s1. The van der Waals surface area contributed by atoms with E-state index in [1.807, 2.05) is 0 Å². The number of rotatable bonds is 5. The first kappa shape index (κ1) is 17.2. The van der Waals surface area contributed by atoms with E-state index < -0.39 is 12.6 Å². The van der Waals surface area contributed by atoms with Gasteiger partial charge in [-0.2, -0.15) is 13.2 Å². The number of nitrogens with one attached hydrogen (secondary N) is 1. The molecular weight excluding hydrogens is 325 g/mol. The van der Waals surface area contributed by atoms with Crippen LogP contribution in [0, 0.1) is 0 Å². The minimum Gasteiger partial charge on any atom is -0.493 e. The van der Waals surface area contributed by atoms with Gasteiger partial charge in [0, 0.05) is 38.6 Å². The van der Waals surface area contributed by atoms with E-state index in [4.69, 9.17) is 14.2 Å². The van der Waals surface area contributed by atoms with Crippen LogP contribution >= 0.6 is 0 Å².